The third-order valence-corrected chi connectivity index (χ3v) is 5.44. The molecule has 1 aromatic carbocycles. The summed E-state index contributed by atoms with van der Waals surface area (Å²) in [7, 11) is 0. The van der Waals surface area contributed by atoms with Crippen molar-refractivity contribution in [1.29, 1.82) is 0 Å². The molecule has 3 nitrogen and oxygen atoms in total. The van der Waals surface area contributed by atoms with E-state index in [1.54, 1.807) is 12.4 Å². The molecule has 1 atom stereocenters. The number of benzene rings is 1. The zero-order chi connectivity index (χ0) is 16.0. The first-order chi connectivity index (χ1) is 10.3. The summed E-state index contributed by atoms with van der Waals surface area (Å²) in [6.45, 7) is 6.05. The lowest BCUT2D eigenvalue weighted by Crippen LogP contribution is -2.41. The molecule has 0 amide bonds. The van der Waals surface area contributed by atoms with Crippen molar-refractivity contribution < 1.29 is 5.11 Å². The van der Waals surface area contributed by atoms with Crippen molar-refractivity contribution in [3.8, 4) is 0 Å². The number of aliphatic hydroxyl groups is 1. The van der Waals surface area contributed by atoms with Crippen molar-refractivity contribution >= 4 is 37.5 Å². The number of halogens is 1. The molecule has 0 bridgehead atoms. The molecule has 0 saturated heterocycles. The monoisotopic (exact) mass is 376 g/mol. The second-order valence-corrected chi connectivity index (χ2v) is 8.28. The lowest BCUT2D eigenvalue weighted by atomic mass is 9.73. The smallest absolute Gasteiger partial charge is 0.147 e. The summed E-state index contributed by atoms with van der Waals surface area (Å²) in [4.78, 5) is 8.86. The Bertz CT molecular complexity index is 810. The topological polar surface area (TPSA) is 46.0 Å². The van der Waals surface area contributed by atoms with E-state index in [1.807, 2.05) is 51.1 Å². The Morgan fingerprint density at radius 3 is 2.59 bits per heavy atom. The molecular formula is C17H17BrN2OS. The number of rotatable bonds is 2. The maximum Gasteiger partial charge on any atom is 0.147 e. The second-order valence-electron chi connectivity index (χ2n) is 6.33. The molecule has 0 aliphatic carbocycles. The van der Waals surface area contributed by atoms with Gasteiger partial charge in [0.25, 0.3) is 0 Å². The van der Waals surface area contributed by atoms with Gasteiger partial charge in [-0.3, -0.25) is 4.98 Å². The Kier molecular flexibility index (Phi) is 3.83. The van der Waals surface area contributed by atoms with Gasteiger partial charge in [0.15, 0.2) is 0 Å². The van der Waals surface area contributed by atoms with Crippen LogP contribution in [0.4, 0.5) is 0 Å². The van der Waals surface area contributed by atoms with Gasteiger partial charge in [-0.15, -0.1) is 11.3 Å². The van der Waals surface area contributed by atoms with Gasteiger partial charge in [0.05, 0.1) is 10.2 Å². The highest BCUT2D eigenvalue weighted by molar-refractivity contribution is 9.10. The predicted octanol–water partition coefficient (Wildman–Crippen LogP) is 4.74. The zero-order valence-electron chi connectivity index (χ0n) is 12.7. The standard InChI is InChI=1S/C17H17BrN2OS/c1-16(2,3)17(21,11-5-4-8-19-10-11)15-20-13-7-6-12(18)9-14(13)22-15/h4-10,21H,1-3H3. The number of hydrogen-bond donors (Lipinski definition) is 1. The van der Waals surface area contributed by atoms with E-state index in [9.17, 15) is 5.11 Å². The van der Waals surface area contributed by atoms with Crippen molar-refractivity contribution in [2.75, 3.05) is 0 Å². The fraction of sp³-hybridized carbons (Fsp3) is 0.294. The highest BCUT2D eigenvalue weighted by atomic mass is 79.9. The van der Waals surface area contributed by atoms with E-state index in [-0.39, 0.29) is 0 Å². The lowest BCUT2D eigenvalue weighted by Gasteiger charge is -2.38. The first-order valence-electron chi connectivity index (χ1n) is 7.02. The molecule has 2 heterocycles. The van der Waals surface area contributed by atoms with Crippen LogP contribution in [0.5, 0.6) is 0 Å². The summed E-state index contributed by atoms with van der Waals surface area (Å²) in [6.07, 6.45) is 3.43. The van der Waals surface area contributed by atoms with Gasteiger partial charge >= 0.3 is 0 Å². The first kappa shape index (κ1) is 15.6. The van der Waals surface area contributed by atoms with Crippen LogP contribution in [0.15, 0.2) is 47.2 Å². The fourth-order valence-corrected chi connectivity index (χ4v) is 4.35. The van der Waals surface area contributed by atoms with Crippen molar-refractivity contribution in [2.45, 2.75) is 26.4 Å². The van der Waals surface area contributed by atoms with E-state index >= 15 is 0 Å². The van der Waals surface area contributed by atoms with Gasteiger partial charge in [-0.2, -0.15) is 0 Å². The normalized spacial score (nSPS) is 15.0. The largest absolute Gasteiger partial charge is 0.377 e. The predicted molar refractivity (Wildman–Crippen MR) is 94.0 cm³/mol. The summed E-state index contributed by atoms with van der Waals surface area (Å²) < 4.78 is 2.06. The molecule has 1 unspecified atom stereocenters. The third kappa shape index (κ3) is 2.47. The molecule has 1 N–H and O–H groups in total. The van der Waals surface area contributed by atoms with Crippen LogP contribution in [0, 0.1) is 5.41 Å². The van der Waals surface area contributed by atoms with E-state index in [4.69, 9.17) is 0 Å². The van der Waals surface area contributed by atoms with E-state index < -0.39 is 11.0 Å². The Hall–Kier alpha value is -1.30. The minimum absolute atomic E-state index is 0.416. The Balaban J connectivity index is 2.25. The molecule has 22 heavy (non-hydrogen) atoms. The number of fused-ring (bicyclic) bond motifs is 1. The summed E-state index contributed by atoms with van der Waals surface area (Å²) in [5.41, 5.74) is 0.0637. The van der Waals surface area contributed by atoms with Crippen LogP contribution < -0.4 is 0 Å². The van der Waals surface area contributed by atoms with Gasteiger partial charge in [-0.1, -0.05) is 42.8 Å². The van der Waals surface area contributed by atoms with Crippen LogP contribution in [-0.4, -0.2) is 15.1 Å². The van der Waals surface area contributed by atoms with E-state index in [0.29, 0.717) is 5.01 Å². The van der Waals surface area contributed by atoms with Crippen LogP contribution >= 0.6 is 27.3 Å². The molecule has 0 spiro atoms. The molecule has 0 aliphatic rings. The average molecular weight is 377 g/mol. The van der Waals surface area contributed by atoms with Gasteiger partial charge < -0.3 is 5.11 Å². The van der Waals surface area contributed by atoms with Gasteiger partial charge in [0.1, 0.15) is 10.6 Å². The highest BCUT2D eigenvalue weighted by Gasteiger charge is 2.46. The van der Waals surface area contributed by atoms with Crippen LogP contribution in [0.2, 0.25) is 0 Å². The highest BCUT2D eigenvalue weighted by Crippen LogP contribution is 2.46. The Morgan fingerprint density at radius 2 is 1.95 bits per heavy atom. The van der Waals surface area contributed by atoms with Gasteiger partial charge in [-0.05, 0) is 24.3 Å². The molecular weight excluding hydrogens is 360 g/mol. The summed E-state index contributed by atoms with van der Waals surface area (Å²) in [6, 6.07) is 9.71. The second kappa shape index (κ2) is 5.41. The first-order valence-corrected chi connectivity index (χ1v) is 8.63. The molecule has 5 heteroatoms. The SMILES string of the molecule is CC(C)(C)C(O)(c1cccnc1)c1nc2ccc(Br)cc2s1. The molecule has 114 valence electrons. The number of nitrogens with zero attached hydrogens (tertiary/aromatic N) is 2. The molecule has 0 saturated carbocycles. The van der Waals surface area contributed by atoms with Crippen molar-refractivity contribution in [1.82, 2.24) is 9.97 Å². The molecule has 0 radical (unpaired) electrons. The van der Waals surface area contributed by atoms with Crippen LogP contribution in [0.1, 0.15) is 31.3 Å². The van der Waals surface area contributed by atoms with Crippen molar-refractivity contribution in [3.63, 3.8) is 0 Å². The molecule has 0 aliphatic heterocycles. The van der Waals surface area contributed by atoms with Crippen LogP contribution in [-0.2, 0) is 5.60 Å². The summed E-state index contributed by atoms with van der Waals surface area (Å²) >= 11 is 5.00. The fourth-order valence-electron chi connectivity index (χ4n) is 2.51. The summed E-state index contributed by atoms with van der Waals surface area (Å²) in [5, 5.41) is 12.3. The van der Waals surface area contributed by atoms with E-state index in [1.165, 1.54) is 11.3 Å². The molecule has 3 rings (SSSR count). The number of pyridine rings is 1. The van der Waals surface area contributed by atoms with Gasteiger partial charge in [0, 0.05) is 27.8 Å². The van der Waals surface area contributed by atoms with Crippen LogP contribution in [0.3, 0.4) is 0 Å². The Labute approximate surface area is 142 Å². The maximum atomic E-state index is 11.6. The van der Waals surface area contributed by atoms with Gasteiger partial charge in [0.2, 0.25) is 0 Å². The zero-order valence-corrected chi connectivity index (χ0v) is 15.1. The van der Waals surface area contributed by atoms with E-state index in [0.717, 1.165) is 20.3 Å². The third-order valence-electron chi connectivity index (χ3n) is 3.82. The number of aromatic nitrogens is 2. The minimum Gasteiger partial charge on any atom is -0.377 e. The molecule has 3 aromatic rings. The van der Waals surface area contributed by atoms with Crippen molar-refractivity contribution in [2.24, 2.45) is 5.41 Å². The lowest BCUT2D eigenvalue weighted by molar-refractivity contribution is -0.0261. The quantitative estimate of drug-likeness (QED) is 0.702. The molecule has 2 aromatic heterocycles. The van der Waals surface area contributed by atoms with E-state index in [2.05, 4.69) is 25.9 Å². The minimum atomic E-state index is -1.18. The van der Waals surface area contributed by atoms with Gasteiger partial charge in [-0.25, -0.2) is 4.98 Å². The van der Waals surface area contributed by atoms with Crippen molar-refractivity contribution in [3.05, 3.63) is 57.8 Å². The average Bonchev–Trinajstić information content (AvgIpc) is 2.89. The number of thiazole rings is 1. The molecule has 0 fully saturated rings. The summed E-state index contributed by atoms with van der Waals surface area (Å²) in [5.74, 6) is 0. The van der Waals surface area contributed by atoms with Crippen LogP contribution in [0.25, 0.3) is 10.2 Å². The Morgan fingerprint density at radius 1 is 1.18 bits per heavy atom. The number of hydrogen-bond acceptors (Lipinski definition) is 4. The maximum absolute atomic E-state index is 11.6.